The van der Waals surface area contributed by atoms with Crippen molar-refractivity contribution in [1.29, 1.82) is 0 Å². The van der Waals surface area contributed by atoms with Gasteiger partial charge >= 0.3 is 12.1 Å². The molecule has 2 unspecified atom stereocenters. The molecule has 0 radical (unpaired) electrons. The Morgan fingerprint density at radius 1 is 1.12 bits per heavy atom. The summed E-state index contributed by atoms with van der Waals surface area (Å²) >= 11 is 6.33. The molecule has 1 N–H and O–H groups in total. The number of carbonyl (C=O) groups is 2. The van der Waals surface area contributed by atoms with E-state index in [1.54, 1.807) is 11.0 Å². The fourth-order valence-corrected chi connectivity index (χ4v) is 7.96. The van der Waals surface area contributed by atoms with Crippen LogP contribution in [-0.2, 0) is 28.7 Å². The van der Waals surface area contributed by atoms with E-state index < -0.39 is 35.2 Å². The lowest BCUT2D eigenvalue weighted by Gasteiger charge is -2.45. The van der Waals surface area contributed by atoms with Gasteiger partial charge in [-0.3, -0.25) is 9.69 Å². The molecule has 0 bridgehead atoms. The van der Waals surface area contributed by atoms with Crippen LogP contribution in [0.25, 0.3) is 0 Å². The number of carboxylic acid groups (broad SMARTS) is 1. The number of aromatic carboxylic acids is 1. The number of hydrogen-bond donors (Lipinski definition) is 1. The Morgan fingerprint density at radius 3 is 2.47 bits per heavy atom. The number of benzene rings is 2. The molecule has 4 aliphatic rings. The van der Waals surface area contributed by atoms with Crippen LogP contribution in [0.3, 0.4) is 0 Å². The van der Waals surface area contributed by atoms with E-state index in [0.717, 1.165) is 50.0 Å². The Kier molecular flexibility index (Phi) is 7.79. The van der Waals surface area contributed by atoms with Crippen molar-refractivity contribution in [2.45, 2.75) is 82.3 Å². The number of nitrogens with zero attached hydrogens (tertiary/aromatic N) is 2. The van der Waals surface area contributed by atoms with Gasteiger partial charge in [0, 0.05) is 24.2 Å². The van der Waals surface area contributed by atoms with Crippen molar-refractivity contribution in [3.8, 4) is 0 Å². The van der Waals surface area contributed by atoms with E-state index in [9.17, 15) is 32.3 Å². The van der Waals surface area contributed by atoms with Gasteiger partial charge in [-0.05, 0) is 97.4 Å². The number of carbonyl (C=O) groups excluding carboxylic acids is 1. The van der Waals surface area contributed by atoms with Crippen molar-refractivity contribution in [1.82, 2.24) is 9.80 Å². The molecule has 6 rings (SSSR count). The Bertz CT molecular complexity index is 1440. The standard InChI is InChI=1S/C32H35ClF4N2O4/c1-17-14-38(8-7-23(17)19-3-5-27(34)24(10-19)30(41)42)22-4-6-28(43-16-22)29(40)39-15-20-9-21(32(35,36)37)11-26(33)25(20)13-31(39)12-18(31)2/h3,5,9-11,17-18,22-23,28H,4,6-8,12-16H2,1-2H3,(H,41,42)/t17-,18-,22?,23-,28+,31?/m0/s1. The van der Waals surface area contributed by atoms with Gasteiger partial charge in [-0.2, -0.15) is 13.2 Å². The second-order valence-corrected chi connectivity index (χ2v) is 13.3. The van der Waals surface area contributed by atoms with Gasteiger partial charge in [-0.25, -0.2) is 9.18 Å². The van der Waals surface area contributed by atoms with Crippen LogP contribution in [0.4, 0.5) is 17.6 Å². The lowest BCUT2D eigenvalue weighted by atomic mass is 9.80. The van der Waals surface area contributed by atoms with Gasteiger partial charge in [-0.15, -0.1) is 0 Å². The highest BCUT2D eigenvalue weighted by molar-refractivity contribution is 6.31. The first-order chi connectivity index (χ1) is 20.3. The fourth-order valence-electron chi connectivity index (χ4n) is 7.65. The van der Waals surface area contributed by atoms with Crippen LogP contribution in [0.5, 0.6) is 0 Å². The lowest BCUT2D eigenvalue weighted by Crippen LogP contribution is -2.55. The Balaban J connectivity index is 1.10. The molecule has 1 aliphatic carbocycles. The summed E-state index contributed by atoms with van der Waals surface area (Å²) < 4.78 is 60.6. The SMILES string of the molecule is C[C@H]1CN(C2CC[C@H](C(=O)N3Cc4cc(C(F)(F)F)cc(Cl)c4CC34C[C@@H]4C)OC2)CC[C@@H]1c1ccc(F)c(C(=O)O)c1. The minimum Gasteiger partial charge on any atom is -0.478 e. The minimum absolute atomic E-state index is 0.0867. The zero-order chi connectivity index (χ0) is 30.8. The topological polar surface area (TPSA) is 70.1 Å². The van der Waals surface area contributed by atoms with Crippen LogP contribution >= 0.6 is 11.6 Å². The molecule has 0 aromatic heterocycles. The Morgan fingerprint density at radius 2 is 1.86 bits per heavy atom. The molecule has 3 aliphatic heterocycles. The van der Waals surface area contributed by atoms with E-state index in [0.29, 0.717) is 30.6 Å². The second-order valence-electron chi connectivity index (χ2n) is 12.9. The van der Waals surface area contributed by atoms with Gasteiger partial charge in [-0.1, -0.05) is 31.5 Å². The third kappa shape index (κ3) is 5.55. The van der Waals surface area contributed by atoms with E-state index in [2.05, 4.69) is 18.7 Å². The van der Waals surface area contributed by atoms with Crippen LogP contribution in [0.15, 0.2) is 30.3 Å². The summed E-state index contributed by atoms with van der Waals surface area (Å²) in [5.74, 6) is -1.65. The number of rotatable bonds is 4. The molecule has 232 valence electrons. The number of fused-ring (bicyclic) bond motifs is 1. The third-order valence-electron chi connectivity index (χ3n) is 10.3. The minimum atomic E-state index is -4.52. The molecule has 3 fully saturated rings. The molecule has 1 amide bonds. The summed E-state index contributed by atoms with van der Waals surface area (Å²) in [5, 5.41) is 9.42. The summed E-state index contributed by atoms with van der Waals surface area (Å²) in [6.07, 6.45) is -1.88. The van der Waals surface area contributed by atoms with Crippen molar-refractivity contribution in [2.24, 2.45) is 11.8 Å². The number of alkyl halides is 3. The van der Waals surface area contributed by atoms with E-state index in [4.69, 9.17) is 16.3 Å². The van der Waals surface area contributed by atoms with Gasteiger partial charge in [0.05, 0.1) is 23.3 Å². The molecular weight excluding hydrogens is 588 g/mol. The van der Waals surface area contributed by atoms with Gasteiger partial charge in [0.15, 0.2) is 0 Å². The van der Waals surface area contributed by atoms with Crippen LogP contribution in [-0.4, -0.2) is 64.2 Å². The maximum absolute atomic E-state index is 13.9. The molecule has 1 saturated carbocycles. The summed E-state index contributed by atoms with van der Waals surface area (Å²) in [6, 6.07) is 6.57. The monoisotopic (exact) mass is 622 g/mol. The number of carboxylic acids is 1. The van der Waals surface area contributed by atoms with E-state index in [1.165, 1.54) is 12.1 Å². The van der Waals surface area contributed by atoms with Crippen molar-refractivity contribution < 1.29 is 37.0 Å². The fraction of sp³-hybridized carbons (Fsp3) is 0.562. The quantitative estimate of drug-likeness (QED) is 0.393. The molecule has 6 atom stereocenters. The van der Waals surface area contributed by atoms with E-state index in [1.807, 2.05) is 0 Å². The molecule has 2 aromatic rings. The number of likely N-dealkylation sites (tertiary alicyclic amines) is 1. The van der Waals surface area contributed by atoms with Crippen molar-refractivity contribution >= 4 is 23.5 Å². The van der Waals surface area contributed by atoms with Gasteiger partial charge in [0.25, 0.3) is 5.91 Å². The zero-order valence-corrected chi connectivity index (χ0v) is 24.8. The average Bonchev–Trinajstić information content (AvgIpc) is 3.60. The Labute approximate surface area is 252 Å². The van der Waals surface area contributed by atoms with Crippen LogP contribution in [0.2, 0.25) is 5.02 Å². The molecular formula is C32H35ClF4N2O4. The van der Waals surface area contributed by atoms with Gasteiger partial charge < -0.3 is 14.7 Å². The van der Waals surface area contributed by atoms with Crippen LogP contribution < -0.4 is 0 Å². The molecule has 6 nitrogen and oxygen atoms in total. The largest absolute Gasteiger partial charge is 0.478 e. The first-order valence-corrected chi connectivity index (χ1v) is 15.2. The predicted octanol–water partition coefficient (Wildman–Crippen LogP) is 6.53. The maximum atomic E-state index is 13.9. The van der Waals surface area contributed by atoms with E-state index >= 15 is 0 Å². The first-order valence-electron chi connectivity index (χ1n) is 14.9. The first kappa shape index (κ1) is 30.3. The number of amides is 1. The number of ether oxygens (including phenoxy) is 1. The number of piperidine rings is 1. The maximum Gasteiger partial charge on any atom is 0.416 e. The Hall–Kier alpha value is -2.69. The second kappa shape index (κ2) is 11.0. The van der Waals surface area contributed by atoms with Crippen molar-refractivity contribution in [3.63, 3.8) is 0 Å². The summed E-state index contributed by atoms with van der Waals surface area (Å²) in [7, 11) is 0. The summed E-state index contributed by atoms with van der Waals surface area (Å²) in [5.41, 5.74) is 0.412. The van der Waals surface area contributed by atoms with Gasteiger partial charge in [0.2, 0.25) is 0 Å². The normalized spacial score (nSPS) is 31.1. The predicted molar refractivity (Wildman–Crippen MR) is 151 cm³/mol. The highest BCUT2D eigenvalue weighted by Gasteiger charge is 2.60. The van der Waals surface area contributed by atoms with Crippen LogP contribution in [0.1, 0.15) is 78.1 Å². The number of hydrogen-bond acceptors (Lipinski definition) is 4. The third-order valence-corrected chi connectivity index (χ3v) is 10.6. The van der Waals surface area contributed by atoms with Crippen LogP contribution in [0, 0.1) is 17.7 Å². The molecule has 43 heavy (non-hydrogen) atoms. The highest BCUT2D eigenvalue weighted by Crippen LogP contribution is 2.55. The average molecular weight is 623 g/mol. The molecule has 2 saturated heterocycles. The zero-order valence-electron chi connectivity index (χ0n) is 24.1. The summed E-state index contributed by atoms with van der Waals surface area (Å²) in [6.45, 7) is 6.17. The molecule has 2 aromatic carbocycles. The van der Waals surface area contributed by atoms with E-state index in [-0.39, 0.29) is 46.8 Å². The number of halogens is 5. The summed E-state index contributed by atoms with van der Waals surface area (Å²) in [4.78, 5) is 29.3. The molecule has 3 heterocycles. The van der Waals surface area contributed by atoms with Gasteiger partial charge in [0.1, 0.15) is 11.9 Å². The van der Waals surface area contributed by atoms with Crippen molar-refractivity contribution in [3.05, 3.63) is 69.0 Å². The smallest absolute Gasteiger partial charge is 0.416 e. The molecule has 1 spiro atoms. The van der Waals surface area contributed by atoms with Crippen molar-refractivity contribution in [2.75, 3.05) is 19.7 Å². The highest BCUT2D eigenvalue weighted by atomic mass is 35.5. The lowest BCUT2D eigenvalue weighted by molar-refractivity contribution is -0.155. The molecule has 11 heteroatoms.